The number of hydrogen-bond donors (Lipinski definition) is 4. The van der Waals surface area contributed by atoms with E-state index >= 15 is 0 Å². The van der Waals surface area contributed by atoms with E-state index < -0.39 is 48.2 Å². The molecule has 0 bridgehead atoms. The Balaban J connectivity index is 0.000000296. The first-order valence-corrected chi connectivity index (χ1v) is 18.0. The number of carbonyl (C=O) groups is 6. The average Bonchev–Trinajstić information content (AvgIpc) is 3.92. The second-order valence-electron chi connectivity index (χ2n) is 14.1. The van der Waals surface area contributed by atoms with Crippen molar-refractivity contribution in [1.82, 2.24) is 26.2 Å². The van der Waals surface area contributed by atoms with E-state index in [-0.39, 0.29) is 55.2 Å². The van der Waals surface area contributed by atoms with Gasteiger partial charge in [0.15, 0.2) is 0 Å². The molecule has 0 unspecified atom stereocenters. The Bertz CT molecular complexity index is 1400. The monoisotopic (exact) mass is 731 g/mol. The standard InChI is InChI=1S/C25H35N3O7.C11H18N2O4/c1-5-33-23-17(14-19(29)35-23)26-21(30)18-12-9-13-28(18)22(31)20(25(2,3)4)27-24(32)34-15-16-10-7-6-8-11-16;1-2-16-11-8(6-9(14)17-11)13-10(15)7-4-3-5-12-7/h6-8,10-11,17-18,20,23H,5,9,12-15H2,1-4H3,(H,26,30)(H,27,32);7-8,11-12H,2-6H2,1H3,(H,13,15)/t17-,18-,20+,23+;7-,8-,11+/m00/s1. The number of ether oxygens (including phenoxy) is 5. The van der Waals surface area contributed by atoms with Crippen LogP contribution in [-0.4, -0.2) is 110 Å². The zero-order chi connectivity index (χ0) is 37.8. The third-order valence-electron chi connectivity index (χ3n) is 9.05. The molecule has 4 saturated heterocycles. The van der Waals surface area contributed by atoms with E-state index in [4.69, 9.17) is 23.7 Å². The van der Waals surface area contributed by atoms with Crippen LogP contribution in [0.4, 0.5) is 4.79 Å². The second-order valence-corrected chi connectivity index (χ2v) is 14.1. The molecular formula is C36H53N5O11. The van der Waals surface area contributed by atoms with Crippen LogP contribution in [0.2, 0.25) is 0 Å². The van der Waals surface area contributed by atoms with Gasteiger partial charge in [0.05, 0.1) is 18.9 Å². The number of hydrogen-bond acceptors (Lipinski definition) is 12. The van der Waals surface area contributed by atoms with Crippen molar-refractivity contribution in [3.63, 3.8) is 0 Å². The fraction of sp³-hybridized carbons (Fsp3) is 0.667. The van der Waals surface area contributed by atoms with Crippen molar-refractivity contribution in [2.24, 2.45) is 5.41 Å². The minimum Gasteiger partial charge on any atom is -0.445 e. The quantitative estimate of drug-likeness (QED) is 0.179. The van der Waals surface area contributed by atoms with E-state index in [0.717, 1.165) is 24.9 Å². The molecule has 16 nitrogen and oxygen atoms in total. The van der Waals surface area contributed by atoms with Crippen LogP contribution in [0.3, 0.4) is 0 Å². The van der Waals surface area contributed by atoms with E-state index in [0.29, 0.717) is 32.6 Å². The van der Waals surface area contributed by atoms with Crippen molar-refractivity contribution < 1.29 is 52.5 Å². The lowest BCUT2D eigenvalue weighted by molar-refractivity contribution is -0.165. The van der Waals surface area contributed by atoms with Crippen molar-refractivity contribution in [1.29, 1.82) is 0 Å². The fourth-order valence-electron chi connectivity index (χ4n) is 6.41. The molecule has 4 aliphatic rings. The molecule has 7 atom stereocenters. The Morgan fingerprint density at radius 1 is 0.885 bits per heavy atom. The zero-order valence-corrected chi connectivity index (χ0v) is 30.6. The molecule has 0 aliphatic carbocycles. The number of alkyl carbamates (subject to hydrolysis) is 1. The number of benzene rings is 1. The maximum absolute atomic E-state index is 13.5. The highest BCUT2D eigenvalue weighted by Crippen LogP contribution is 2.27. The lowest BCUT2D eigenvalue weighted by Crippen LogP contribution is -2.58. The number of likely N-dealkylation sites (tertiary alicyclic amines) is 1. The Kier molecular flexibility index (Phi) is 14.8. The lowest BCUT2D eigenvalue weighted by Gasteiger charge is -2.35. The van der Waals surface area contributed by atoms with E-state index in [9.17, 15) is 28.8 Å². The first-order chi connectivity index (χ1) is 24.8. The van der Waals surface area contributed by atoms with Gasteiger partial charge in [0, 0.05) is 19.8 Å². The normalized spacial score (nSPS) is 26.1. The Morgan fingerprint density at radius 2 is 1.48 bits per heavy atom. The molecule has 288 valence electrons. The average molecular weight is 732 g/mol. The summed E-state index contributed by atoms with van der Waals surface area (Å²) in [4.78, 5) is 75.4. The molecule has 4 heterocycles. The van der Waals surface area contributed by atoms with Crippen molar-refractivity contribution in [3.05, 3.63) is 35.9 Å². The summed E-state index contributed by atoms with van der Waals surface area (Å²) in [5.74, 6) is -1.57. The first-order valence-electron chi connectivity index (χ1n) is 18.0. The van der Waals surface area contributed by atoms with Gasteiger partial charge in [-0.3, -0.25) is 24.0 Å². The Hall–Kier alpha value is -4.28. The number of rotatable bonds is 12. The number of cyclic esters (lactones) is 2. The molecule has 0 radical (unpaired) electrons. The van der Waals surface area contributed by atoms with Crippen molar-refractivity contribution in [2.45, 2.75) is 123 Å². The molecule has 4 amide bonds. The maximum Gasteiger partial charge on any atom is 0.408 e. The van der Waals surface area contributed by atoms with Crippen molar-refractivity contribution in [2.75, 3.05) is 26.3 Å². The predicted molar refractivity (Wildman–Crippen MR) is 185 cm³/mol. The summed E-state index contributed by atoms with van der Waals surface area (Å²) >= 11 is 0. The van der Waals surface area contributed by atoms with Gasteiger partial charge >= 0.3 is 18.0 Å². The second kappa shape index (κ2) is 19.0. The summed E-state index contributed by atoms with van der Waals surface area (Å²) in [6.45, 7) is 11.2. The number of esters is 2. The molecule has 4 N–H and O–H groups in total. The molecule has 0 saturated carbocycles. The minimum absolute atomic E-state index is 0.0104. The summed E-state index contributed by atoms with van der Waals surface area (Å²) in [7, 11) is 0. The van der Waals surface area contributed by atoms with Crippen molar-refractivity contribution in [3.8, 4) is 0 Å². The minimum atomic E-state index is -0.897. The summed E-state index contributed by atoms with van der Waals surface area (Å²) in [5, 5.41) is 11.4. The molecule has 52 heavy (non-hydrogen) atoms. The Morgan fingerprint density at radius 3 is 2.02 bits per heavy atom. The molecule has 4 fully saturated rings. The van der Waals surface area contributed by atoms with Crippen LogP contribution in [0.25, 0.3) is 0 Å². The molecule has 5 rings (SSSR count). The SMILES string of the molecule is CCO[C@@H]1OC(=O)C[C@@H]1NC(=O)[C@@H]1CCCN1.CCO[C@@H]1OC(=O)C[C@@H]1NC(=O)[C@@H]1CCCN1C(=O)[C@@H](NC(=O)OCc1ccccc1)C(C)(C)C. The summed E-state index contributed by atoms with van der Waals surface area (Å²) in [6, 6.07) is 6.51. The van der Waals surface area contributed by atoms with E-state index in [1.165, 1.54) is 4.90 Å². The third-order valence-corrected chi connectivity index (χ3v) is 9.05. The van der Waals surface area contributed by atoms with Gasteiger partial charge in [-0.05, 0) is 57.1 Å². The van der Waals surface area contributed by atoms with Crippen LogP contribution < -0.4 is 21.3 Å². The van der Waals surface area contributed by atoms with Crippen molar-refractivity contribution >= 4 is 35.8 Å². The third kappa shape index (κ3) is 11.4. The van der Waals surface area contributed by atoms with E-state index in [2.05, 4.69) is 21.3 Å². The highest BCUT2D eigenvalue weighted by atomic mass is 16.7. The Labute approximate surface area is 304 Å². The highest BCUT2D eigenvalue weighted by Gasteiger charge is 2.44. The summed E-state index contributed by atoms with van der Waals surface area (Å²) in [5.41, 5.74) is 0.204. The van der Waals surface area contributed by atoms with Crippen LogP contribution >= 0.6 is 0 Å². The van der Waals surface area contributed by atoms with E-state index in [1.807, 2.05) is 58.0 Å². The lowest BCUT2D eigenvalue weighted by atomic mass is 9.85. The maximum atomic E-state index is 13.5. The molecular weight excluding hydrogens is 678 g/mol. The van der Waals surface area contributed by atoms with Gasteiger partial charge in [-0.1, -0.05) is 51.1 Å². The van der Waals surface area contributed by atoms with Gasteiger partial charge < -0.3 is 49.9 Å². The van der Waals surface area contributed by atoms with Crippen LogP contribution in [0.1, 0.15) is 78.7 Å². The van der Waals surface area contributed by atoms with Gasteiger partial charge in [0.2, 0.25) is 30.3 Å². The number of amides is 4. The number of nitrogens with one attached hydrogen (secondary N) is 4. The predicted octanol–water partition coefficient (Wildman–Crippen LogP) is 1.65. The van der Waals surface area contributed by atoms with Gasteiger partial charge in [0.1, 0.15) is 30.8 Å². The molecule has 0 aromatic heterocycles. The largest absolute Gasteiger partial charge is 0.445 e. The van der Waals surface area contributed by atoms with Crippen LogP contribution in [0.15, 0.2) is 30.3 Å². The van der Waals surface area contributed by atoms with Gasteiger partial charge in [-0.2, -0.15) is 0 Å². The fourth-order valence-corrected chi connectivity index (χ4v) is 6.41. The summed E-state index contributed by atoms with van der Waals surface area (Å²) in [6.07, 6.45) is 0.980. The number of nitrogens with zero attached hydrogens (tertiary/aromatic N) is 1. The summed E-state index contributed by atoms with van der Waals surface area (Å²) < 4.78 is 26.1. The molecule has 1 aromatic carbocycles. The van der Waals surface area contributed by atoms with Gasteiger partial charge in [0.25, 0.3) is 0 Å². The van der Waals surface area contributed by atoms with E-state index in [1.54, 1.807) is 6.92 Å². The van der Waals surface area contributed by atoms with Gasteiger partial charge in [-0.25, -0.2) is 4.79 Å². The van der Waals surface area contributed by atoms with Crippen LogP contribution in [0.5, 0.6) is 0 Å². The highest BCUT2D eigenvalue weighted by molar-refractivity contribution is 5.92. The zero-order valence-electron chi connectivity index (χ0n) is 30.6. The molecule has 4 aliphatic heterocycles. The van der Waals surface area contributed by atoms with Crippen LogP contribution in [0, 0.1) is 5.41 Å². The number of carbonyl (C=O) groups excluding carboxylic acids is 6. The molecule has 16 heteroatoms. The molecule has 1 aromatic rings. The molecule has 0 spiro atoms. The topological polar surface area (TPSA) is 200 Å². The first kappa shape index (κ1) is 40.5. The van der Waals surface area contributed by atoms with Gasteiger partial charge in [-0.15, -0.1) is 0 Å². The smallest absolute Gasteiger partial charge is 0.408 e. The van der Waals surface area contributed by atoms with Crippen LogP contribution in [-0.2, 0) is 54.3 Å².